The van der Waals surface area contributed by atoms with Crippen LogP contribution in [0.4, 0.5) is 5.69 Å². The van der Waals surface area contributed by atoms with Crippen molar-refractivity contribution in [2.24, 2.45) is 5.92 Å². The molecule has 3 nitrogen and oxygen atoms in total. The fraction of sp³-hybridized carbons (Fsp3) is 0.417. The van der Waals surface area contributed by atoms with E-state index in [1.165, 1.54) is 0 Å². The molecule has 17 heavy (non-hydrogen) atoms. The van der Waals surface area contributed by atoms with Crippen LogP contribution in [0.5, 0.6) is 5.75 Å². The number of hydrogen-bond donors (Lipinski definition) is 1. The van der Waals surface area contributed by atoms with Gasteiger partial charge in [0.2, 0.25) is 5.91 Å². The van der Waals surface area contributed by atoms with Gasteiger partial charge < -0.3 is 10.0 Å². The zero-order valence-corrected chi connectivity index (χ0v) is 10.9. The molecule has 1 saturated heterocycles. The van der Waals surface area contributed by atoms with Gasteiger partial charge in [-0.15, -0.1) is 11.6 Å². The van der Waals surface area contributed by atoms with Crippen molar-refractivity contribution >= 4 is 34.8 Å². The minimum atomic E-state index is 0.000744. The van der Waals surface area contributed by atoms with Crippen molar-refractivity contribution in [3.8, 4) is 5.75 Å². The molecule has 0 aromatic heterocycles. The molecule has 1 unspecified atom stereocenters. The number of alkyl halides is 1. The molecular formula is C12H13Cl2NO2. The van der Waals surface area contributed by atoms with Crippen molar-refractivity contribution in [3.63, 3.8) is 0 Å². The van der Waals surface area contributed by atoms with E-state index in [-0.39, 0.29) is 22.6 Å². The highest BCUT2D eigenvalue weighted by Gasteiger charge is 2.31. The lowest BCUT2D eigenvalue weighted by atomic mass is 10.1. The van der Waals surface area contributed by atoms with E-state index in [4.69, 9.17) is 23.2 Å². The lowest BCUT2D eigenvalue weighted by Gasteiger charge is -2.19. The largest absolute Gasteiger partial charge is 0.506 e. The van der Waals surface area contributed by atoms with Crippen LogP contribution in [0.15, 0.2) is 12.1 Å². The Bertz CT molecular complexity index is 462. The first-order valence-electron chi connectivity index (χ1n) is 5.39. The first-order valence-corrected chi connectivity index (χ1v) is 6.30. The smallest absolute Gasteiger partial charge is 0.227 e. The molecule has 0 bridgehead atoms. The van der Waals surface area contributed by atoms with E-state index in [9.17, 15) is 9.90 Å². The molecule has 1 aliphatic rings. The Morgan fingerprint density at radius 2 is 2.24 bits per heavy atom. The Hall–Kier alpha value is -0.930. The van der Waals surface area contributed by atoms with Gasteiger partial charge in [-0.05, 0) is 24.5 Å². The number of aromatic hydroxyl groups is 1. The summed E-state index contributed by atoms with van der Waals surface area (Å²) in [6, 6.07) is 3.50. The first-order chi connectivity index (χ1) is 8.04. The van der Waals surface area contributed by atoms with Crippen molar-refractivity contribution < 1.29 is 9.90 Å². The maximum atomic E-state index is 11.8. The van der Waals surface area contributed by atoms with E-state index in [1.807, 2.05) is 0 Å². The highest BCUT2D eigenvalue weighted by atomic mass is 35.5. The maximum absolute atomic E-state index is 11.8. The first kappa shape index (κ1) is 12.5. The van der Waals surface area contributed by atoms with Gasteiger partial charge >= 0.3 is 0 Å². The van der Waals surface area contributed by atoms with Crippen molar-refractivity contribution in [2.45, 2.75) is 13.3 Å². The lowest BCUT2D eigenvalue weighted by Crippen LogP contribution is -2.25. The molecular weight excluding hydrogens is 261 g/mol. The summed E-state index contributed by atoms with van der Waals surface area (Å²) in [5, 5.41) is 9.99. The summed E-state index contributed by atoms with van der Waals surface area (Å²) in [6.07, 6.45) is 0.439. The Labute approximate surface area is 110 Å². The number of nitrogens with zero attached hydrogens (tertiary/aromatic N) is 1. The van der Waals surface area contributed by atoms with Gasteiger partial charge in [-0.3, -0.25) is 4.79 Å². The van der Waals surface area contributed by atoms with Gasteiger partial charge in [-0.25, -0.2) is 0 Å². The Morgan fingerprint density at radius 1 is 1.53 bits per heavy atom. The highest BCUT2D eigenvalue weighted by Crippen LogP contribution is 2.38. The number of halogens is 2. The van der Waals surface area contributed by atoms with Crippen molar-refractivity contribution in [2.75, 3.05) is 17.3 Å². The van der Waals surface area contributed by atoms with Gasteiger partial charge in [-0.2, -0.15) is 0 Å². The predicted molar refractivity (Wildman–Crippen MR) is 69.0 cm³/mol. The van der Waals surface area contributed by atoms with Gasteiger partial charge in [0, 0.05) is 18.8 Å². The average Bonchev–Trinajstić information content (AvgIpc) is 2.68. The second-order valence-electron chi connectivity index (χ2n) is 4.29. The van der Waals surface area contributed by atoms with E-state index >= 15 is 0 Å². The second kappa shape index (κ2) is 4.75. The number of hydrogen-bond acceptors (Lipinski definition) is 2. The summed E-state index contributed by atoms with van der Waals surface area (Å²) in [6.45, 7) is 2.32. The summed E-state index contributed by atoms with van der Waals surface area (Å²) in [4.78, 5) is 13.4. The van der Waals surface area contributed by atoms with E-state index in [2.05, 4.69) is 0 Å². The summed E-state index contributed by atoms with van der Waals surface area (Å²) in [5.41, 5.74) is 1.26. The van der Waals surface area contributed by atoms with Crippen LogP contribution in [-0.2, 0) is 4.79 Å². The Morgan fingerprint density at radius 3 is 2.82 bits per heavy atom. The molecule has 1 aromatic rings. The molecule has 0 aliphatic carbocycles. The molecule has 1 aliphatic heterocycles. The SMILES string of the molecule is Cc1ccc(N2CC(CCl)CC2=O)c(Cl)c1O. The molecule has 1 aromatic carbocycles. The molecule has 0 saturated carbocycles. The maximum Gasteiger partial charge on any atom is 0.227 e. The normalized spacial score (nSPS) is 20.1. The van der Waals surface area contributed by atoms with Crippen molar-refractivity contribution in [3.05, 3.63) is 22.7 Å². The standard InChI is InChI=1S/C12H13Cl2NO2/c1-7-2-3-9(11(14)12(7)17)15-6-8(5-13)4-10(15)16/h2-3,8,17H,4-6H2,1H3. The van der Waals surface area contributed by atoms with Gasteiger partial charge in [0.15, 0.2) is 0 Å². The fourth-order valence-electron chi connectivity index (χ4n) is 1.98. The third kappa shape index (κ3) is 2.22. The van der Waals surface area contributed by atoms with Gasteiger partial charge in [-0.1, -0.05) is 17.7 Å². The molecule has 1 fully saturated rings. The topological polar surface area (TPSA) is 40.5 Å². The monoisotopic (exact) mass is 273 g/mol. The summed E-state index contributed by atoms with van der Waals surface area (Å²) < 4.78 is 0. The lowest BCUT2D eigenvalue weighted by molar-refractivity contribution is -0.117. The van der Waals surface area contributed by atoms with Crippen LogP contribution < -0.4 is 4.90 Å². The molecule has 0 radical (unpaired) electrons. The molecule has 5 heteroatoms. The number of anilines is 1. The number of phenolic OH excluding ortho intramolecular Hbond substituents is 1. The fourth-order valence-corrected chi connectivity index (χ4v) is 2.50. The summed E-state index contributed by atoms with van der Waals surface area (Å²) in [7, 11) is 0. The third-order valence-corrected chi connectivity index (χ3v) is 3.82. The Balaban J connectivity index is 2.35. The molecule has 1 N–H and O–H groups in total. The molecule has 2 rings (SSSR count). The number of carbonyl (C=O) groups is 1. The predicted octanol–water partition coefficient (Wildman–Crippen LogP) is 2.95. The van der Waals surface area contributed by atoms with Gasteiger partial charge in [0.05, 0.1) is 5.69 Å². The molecule has 1 amide bonds. The van der Waals surface area contributed by atoms with E-state index < -0.39 is 0 Å². The summed E-state index contributed by atoms with van der Waals surface area (Å²) >= 11 is 11.8. The minimum Gasteiger partial charge on any atom is -0.506 e. The van der Waals surface area contributed by atoms with E-state index in [0.29, 0.717) is 30.1 Å². The molecule has 1 atom stereocenters. The van der Waals surface area contributed by atoms with E-state index in [0.717, 1.165) is 0 Å². The van der Waals surface area contributed by atoms with Crippen LogP contribution in [0, 0.1) is 12.8 Å². The number of phenols is 1. The zero-order valence-electron chi connectivity index (χ0n) is 9.41. The second-order valence-corrected chi connectivity index (χ2v) is 4.98. The number of rotatable bonds is 2. The number of carbonyl (C=O) groups excluding carboxylic acids is 1. The average molecular weight is 274 g/mol. The van der Waals surface area contributed by atoms with Crippen LogP contribution in [0.2, 0.25) is 5.02 Å². The zero-order chi connectivity index (χ0) is 12.6. The number of benzene rings is 1. The van der Waals surface area contributed by atoms with E-state index in [1.54, 1.807) is 24.0 Å². The van der Waals surface area contributed by atoms with Crippen LogP contribution in [-0.4, -0.2) is 23.4 Å². The highest BCUT2D eigenvalue weighted by molar-refractivity contribution is 6.35. The molecule has 0 spiro atoms. The summed E-state index contributed by atoms with van der Waals surface area (Å²) in [5.74, 6) is 0.647. The van der Waals surface area contributed by atoms with Gasteiger partial charge in [0.25, 0.3) is 0 Å². The van der Waals surface area contributed by atoms with Crippen molar-refractivity contribution in [1.29, 1.82) is 0 Å². The van der Waals surface area contributed by atoms with Crippen LogP contribution in [0.3, 0.4) is 0 Å². The van der Waals surface area contributed by atoms with Crippen LogP contribution in [0.25, 0.3) is 0 Å². The van der Waals surface area contributed by atoms with Crippen molar-refractivity contribution in [1.82, 2.24) is 0 Å². The number of aryl methyl sites for hydroxylation is 1. The Kier molecular flexibility index (Phi) is 3.50. The van der Waals surface area contributed by atoms with Gasteiger partial charge in [0.1, 0.15) is 10.8 Å². The third-order valence-electron chi connectivity index (χ3n) is 3.01. The quantitative estimate of drug-likeness (QED) is 0.842. The number of amides is 1. The molecule has 92 valence electrons. The van der Waals surface area contributed by atoms with Crippen LogP contribution >= 0.6 is 23.2 Å². The minimum absolute atomic E-state index is 0.000744. The van der Waals surface area contributed by atoms with Crippen LogP contribution in [0.1, 0.15) is 12.0 Å². The molecule has 1 heterocycles.